The third kappa shape index (κ3) is 6.15. The van der Waals surface area contributed by atoms with Crippen LogP contribution in [0.15, 0.2) is 48.5 Å². The second-order valence-corrected chi connectivity index (χ2v) is 9.07. The van der Waals surface area contributed by atoms with Gasteiger partial charge in [0.05, 0.1) is 26.4 Å². The van der Waals surface area contributed by atoms with E-state index in [0.717, 1.165) is 19.2 Å². The van der Waals surface area contributed by atoms with Gasteiger partial charge in [0.1, 0.15) is 35.7 Å². The smallest absolute Gasteiger partial charge is 0.420 e. The Labute approximate surface area is 226 Å². The molecule has 12 heteroatoms. The fourth-order valence-electron chi connectivity index (χ4n) is 4.38. The molecule has 0 spiro atoms. The van der Waals surface area contributed by atoms with Gasteiger partial charge in [0.25, 0.3) is 5.91 Å². The van der Waals surface area contributed by atoms with Gasteiger partial charge in [-0.1, -0.05) is 17.7 Å². The van der Waals surface area contributed by atoms with Gasteiger partial charge in [0.15, 0.2) is 0 Å². The van der Waals surface area contributed by atoms with Gasteiger partial charge < -0.3 is 29.5 Å². The van der Waals surface area contributed by atoms with Crippen molar-refractivity contribution in [1.82, 2.24) is 0 Å². The lowest BCUT2D eigenvalue weighted by atomic mass is 10.0. The Morgan fingerprint density at radius 1 is 1.10 bits per heavy atom. The van der Waals surface area contributed by atoms with Gasteiger partial charge in [-0.3, -0.25) is 4.79 Å². The molecule has 0 aromatic heterocycles. The maximum Gasteiger partial charge on any atom is 0.420 e. The van der Waals surface area contributed by atoms with Gasteiger partial charge in [-0.2, -0.15) is 13.2 Å². The number of nitrogens with one attached hydrogen (secondary N) is 1. The SMILES string of the molecule is COc1cc(NC(C(=O)N2CCc3cc(OC)c(C(F)(F)F)cc32)c2ccc(Cl)cc2F)cc(OCCO)c1. The highest BCUT2D eigenvalue weighted by Crippen LogP contribution is 2.43. The summed E-state index contributed by atoms with van der Waals surface area (Å²) in [5, 5.41) is 12.2. The van der Waals surface area contributed by atoms with E-state index in [0.29, 0.717) is 22.7 Å². The topological polar surface area (TPSA) is 80.3 Å². The van der Waals surface area contributed by atoms with Crippen molar-refractivity contribution in [2.24, 2.45) is 0 Å². The molecule has 0 bridgehead atoms. The molecule has 208 valence electrons. The van der Waals surface area contributed by atoms with Crippen LogP contribution in [0, 0.1) is 5.82 Å². The number of anilines is 2. The van der Waals surface area contributed by atoms with Gasteiger partial charge in [-0.25, -0.2) is 4.39 Å². The first-order valence-corrected chi connectivity index (χ1v) is 12.2. The number of carbonyl (C=O) groups is 1. The van der Waals surface area contributed by atoms with E-state index in [-0.39, 0.29) is 48.2 Å². The van der Waals surface area contributed by atoms with Crippen LogP contribution in [0.3, 0.4) is 0 Å². The number of benzene rings is 3. The molecule has 4 rings (SSSR count). The normalized spacial score (nSPS) is 13.6. The van der Waals surface area contributed by atoms with Crippen molar-refractivity contribution in [2.75, 3.05) is 44.2 Å². The van der Waals surface area contributed by atoms with E-state index in [9.17, 15) is 18.0 Å². The molecule has 0 radical (unpaired) electrons. The van der Waals surface area contributed by atoms with Crippen LogP contribution in [-0.4, -0.2) is 45.0 Å². The fourth-order valence-corrected chi connectivity index (χ4v) is 4.54. The molecule has 1 heterocycles. The van der Waals surface area contributed by atoms with Gasteiger partial charge in [-0.15, -0.1) is 0 Å². The van der Waals surface area contributed by atoms with Crippen molar-refractivity contribution in [3.63, 3.8) is 0 Å². The number of nitrogens with zero attached hydrogens (tertiary/aromatic N) is 1. The quantitative estimate of drug-likeness (QED) is 0.326. The fraction of sp³-hybridized carbons (Fsp3) is 0.296. The zero-order valence-electron chi connectivity index (χ0n) is 20.9. The highest BCUT2D eigenvalue weighted by atomic mass is 35.5. The lowest BCUT2D eigenvalue weighted by molar-refractivity contribution is -0.138. The zero-order valence-corrected chi connectivity index (χ0v) is 21.7. The number of hydrogen-bond donors (Lipinski definition) is 2. The molecule has 1 unspecified atom stereocenters. The summed E-state index contributed by atoms with van der Waals surface area (Å²) in [4.78, 5) is 15.1. The summed E-state index contributed by atoms with van der Waals surface area (Å²) in [6.07, 6.45) is -4.44. The molecule has 1 aliphatic heterocycles. The molecule has 39 heavy (non-hydrogen) atoms. The number of aliphatic hydroxyl groups is 1. The predicted octanol–water partition coefficient (Wildman–Crippen LogP) is 5.63. The average molecular weight is 569 g/mol. The number of amides is 1. The Morgan fingerprint density at radius 2 is 1.85 bits per heavy atom. The third-order valence-corrected chi connectivity index (χ3v) is 6.41. The number of aliphatic hydroxyl groups excluding tert-OH is 1. The number of rotatable bonds is 9. The molecule has 2 N–H and O–H groups in total. The summed E-state index contributed by atoms with van der Waals surface area (Å²) in [5.41, 5.74) is -0.233. The molecule has 0 aliphatic carbocycles. The van der Waals surface area contributed by atoms with E-state index >= 15 is 4.39 Å². The summed E-state index contributed by atoms with van der Waals surface area (Å²) in [6.45, 7) is -0.165. The number of carbonyl (C=O) groups excluding carboxylic acids is 1. The minimum Gasteiger partial charge on any atom is -0.497 e. The van der Waals surface area contributed by atoms with E-state index in [1.807, 2.05) is 0 Å². The molecule has 3 aromatic rings. The molecule has 0 saturated carbocycles. The van der Waals surface area contributed by atoms with Crippen molar-refractivity contribution < 1.29 is 41.7 Å². The lowest BCUT2D eigenvalue weighted by Crippen LogP contribution is -2.37. The van der Waals surface area contributed by atoms with E-state index in [1.165, 1.54) is 36.3 Å². The first-order valence-electron chi connectivity index (χ1n) is 11.8. The average Bonchev–Trinajstić information content (AvgIpc) is 3.32. The van der Waals surface area contributed by atoms with Gasteiger partial charge >= 0.3 is 6.18 Å². The summed E-state index contributed by atoms with van der Waals surface area (Å²) in [7, 11) is 2.56. The molecule has 1 atom stereocenters. The highest BCUT2D eigenvalue weighted by molar-refractivity contribution is 6.30. The summed E-state index contributed by atoms with van der Waals surface area (Å²) in [6, 6.07) is 9.21. The summed E-state index contributed by atoms with van der Waals surface area (Å²) < 4.78 is 72.0. The molecule has 7 nitrogen and oxygen atoms in total. The van der Waals surface area contributed by atoms with E-state index < -0.39 is 29.5 Å². The van der Waals surface area contributed by atoms with Gasteiger partial charge in [0.2, 0.25) is 0 Å². The maximum absolute atomic E-state index is 15.1. The number of fused-ring (bicyclic) bond motifs is 1. The second-order valence-electron chi connectivity index (χ2n) is 8.63. The Morgan fingerprint density at radius 3 is 2.49 bits per heavy atom. The first-order chi connectivity index (χ1) is 18.5. The van der Waals surface area contributed by atoms with Crippen LogP contribution in [0.25, 0.3) is 0 Å². The second kappa shape index (κ2) is 11.6. The van der Waals surface area contributed by atoms with Crippen molar-refractivity contribution in [2.45, 2.75) is 18.6 Å². The molecule has 0 saturated heterocycles. The number of methoxy groups -OCH3 is 2. The Balaban J connectivity index is 1.77. The molecule has 0 fully saturated rings. The van der Waals surface area contributed by atoms with Crippen LogP contribution in [0.2, 0.25) is 5.02 Å². The van der Waals surface area contributed by atoms with Gasteiger partial charge in [0, 0.05) is 46.7 Å². The largest absolute Gasteiger partial charge is 0.497 e. The van der Waals surface area contributed by atoms with Crippen molar-refractivity contribution in [3.8, 4) is 17.2 Å². The van der Waals surface area contributed by atoms with Crippen molar-refractivity contribution in [3.05, 3.63) is 76.1 Å². The summed E-state index contributed by atoms with van der Waals surface area (Å²) in [5.74, 6) is -1.15. The third-order valence-electron chi connectivity index (χ3n) is 6.17. The number of hydrogen-bond acceptors (Lipinski definition) is 6. The minimum atomic E-state index is -4.72. The Hall–Kier alpha value is -3.70. The lowest BCUT2D eigenvalue weighted by Gasteiger charge is -2.27. The predicted molar refractivity (Wildman–Crippen MR) is 137 cm³/mol. The monoisotopic (exact) mass is 568 g/mol. The highest BCUT2D eigenvalue weighted by Gasteiger charge is 2.39. The molecular formula is C27H25ClF4N2O5. The van der Waals surface area contributed by atoms with Crippen LogP contribution < -0.4 is 24.4 Å². The van der Waals surface area contributed by atoms with E-state index in [1.54, 1.807) is 12.1 Å². The Kier molecular flexibility index (Phi) is 8.41. The minimum absolute atomic E-state index is 0.00363. The molecule has 1 aliphatic rings. The van der Waals surface area contributed by atoms with Crippen LogP contribution in [0.5, 0.6) is 17.2 Å². The van der Waals surface area contributed by atoms with E-state index in [2.05, 4.69) is 5.32 Å². The molecular weight excluding hydrogens is 544 g/mol. The van der Waals surface area contributed by atoms with Crippen LogP contribution in [0.4, 0.5) is 28.9 Å². The Bertz CT molecular complexity index is 1370. The van der Waals surface area contributed by atoms with Crippen molar-refractivity contribution in [1.29, 1.82) is 0 Å². The number of alkyl halides is 3. The number of ether oxygens (including phenoxy) is 3. The number of halogens is 5. The van der Waals surface area contributed by atoms with Gasteiger partial charge in [-0.05, 0) is 36.2 Å². The van der Waals surface area contributed by atoms with Crippen LogP contribution in [0.1, 0.15) is 22.7 Å². The van der Waals surface area contributed by atoms with Crippen LogP contribution in [-0.2, 0) is 17.4 Å². The summed E-state index contributed by atoms with van der Waals surface area (Å²) >= 11 is 5.93. The van der Waals surface area contributed by atoms with Crippen LogP contribution >= 0.6 is 11.6 Å². The standard InChI is InChI=1S/C27H25ClF4N2O5/c1-37-18-11-17(12-19(13-18)39-8-7-35)33-25(20-4-3-16(28)10-22(20)29)26(36)34-6-5-15-9-24(38-2)21(14-23(15)34)27(30,31)32/h3-4,9-14,25,33,35H,5-8H2,1-2H3. The van der Waals surface area contributed by atoms with E-state index in [4.69, 9.17) is 30.9 Å². The van der Waals surface area contributed by atoms with Crippen molar-refractivity contribution >= 4 is 28.9 Å². The molecule has 3 aromatic carbocycles. The zero-order chi connectivity index (χ0) is 28.3. The molecule has 1 amide bonds. The maximum atomic E-state index is 15.1. The first kappa shape index (κ1) is 28.3.